The van der Waals surface area contributed by atoms with Gasteiger partial charge in [0.25, 0.3) is 5.91 Å². The van der Waals surface area contributed by atoms with Gasteiger partial charge < -0.3 is 15.7 Å². The van der Waals surface area contributed by atoms with E-state index in [1.807, 2.05) is 20.8 Å². The maximum Gasteiger partial charge on any atom is 0.305 e. The number of nitrogens with two attached hydrogens (primary N) is 1. The molecule has 1 amide bonds. The molecule has 100 valence electrons. The second-order valence-corrected chi connectivity index (χ2v) is 4.81. The van der Waals surface area contributed by atoms with E-state index in [9.17, 15) is 9.59 Å². The number of hydrogen-bond acceptors (Lipinski definition) is 5. The van der Waals surface area contributed by atoms with Gasteiger partial charge in [-0.3, -0.25) is 14.7 Å². The third-order valence-corrected chi connectivity index (χ3v) is 2.31. The van der Waals surface area contributed by atoms with E-state index in [0.29, 0.717) is 0 Å². The smallest absolute Gasteiger partial charge is 0.305 e. The molecule has 0 spiro atoms. The largest absolute Gasteiger partial charge is 0.481 e. The lowest BCUT2D eigenvalue weighted by Gasteiger charge is -2.34. The molecule has 1 heterocycles. The predicted octanol–water partition coefficient (Wildman–Crippen LogP) is 0.102. The fraction of sp³-hybridized carbons (Fsp3) is 0.600. The van der Waals surface area contributed by atoms with E-state index in [2.05, 4.69) is 15.2 Å². The lowest BCUT2D eigenvalue weighted by molar-refractivity contribution is -0.137. The van der Waals surface area contributed by atoms with Gasteiger partial charge in [0.05, 0.1) is 6.42 Å². The van der Waals surface area contributed by atoms with Crippen molar-refractivity contribution in [3.8, 4) is 0 Å². The molecule has 1 aromatic heterocycles. The standard InChI is InChI=1S/C10H17N5O3/c1-10(2,3)15(5-4-6(16)17)8(18)7-12-9(11)14-13-7/h4-5H2,1-3H3,(H,16,17)(H3,11,12,13,14). The van der Waals surface area contributed by atoms with Crippen LogP contribution in [0.15, 0.2) is 0 Å². The van der Waals surface area contributed by atoms with Crippen LogP contribution < -0.4 is 5.73 Å². The molecule has 4 N–H and O–H groups in total. The summed E-state index contributed by atoms with van der Waals surface area (Å²) in [5.41, 5.74) is 4.81. The number of H-pyrrole nitrogens is 1. The molecule has 0 aliphatic carbocycles. The number of hydrogen-bond donors (Lipinski definition) is 3. The molecule has 0 atom stereocenters. The zero-order valence-electron chi connectivity index (χ0n) is 10.6. The van der Waals surface area contributed by atoms with Crippen molar-refractivity contribution in [2.45, 2.75) is 32.7 Å². The minimum atomic E-state index is -0.964. The van der Waals surface area contributed by atoms with Crippen LogP contribution in [0.3, 0.4) is 0 Å². The minimum Gasteiger partial charge on any atom is -0.481 e. The van der Waals surface area contributed by atoms with Crippen LogP contribution in [0.1, 0.15) is 37.8 Å². The van der Waals surface area contributed by atoms with Gasteiger partial charge in [0.1, 0.15) is 0 Å². The number of carbonyl (C=O) groups is 2. The summed E-state index contributed by atoms with van der Waals surface area (Å²) in [6.45, 7) is 5.53. The fourth-order valence-corrected chi connectivity index (χ4v) is 1.45. The SMILES string of the molecule is CC(C)(C)N(CCC(=O)O)C(=O)c1nc(N)n[nH]1. The van der Waals surface area contributed by atoms with Crippen molar-refractivity contribution < 1.29 is 14.7 Å². The third kappa shape index (κ3) is 3.44. The number of carboxylic acids is 1. The number of anilines is 1. The van der Waals surface area contributed by atoms with E-state index < -0.39 is 17.4 Å². The number of aromatic amines is 1. The first-order chi connectivity index (χ1) is 8.21. The summed E-state index contributed by atoms with van der Waals surface area (Å²) in [5.74, 6) is -1.40. The summed E-state index contributed by atoms with van der Waals surface area (Å²) < 4.78 is 0. The summed E-state index contributed by atoms with van der Waals surface area (Å²) in [7, 11) is 0. The maximum atomic E-state index is 12.2. The number of rotatable bonds is 4. The van der Waals surface area contributed by atoms with E-state index in [1.165, 1.54) is 4.90 Å². The molecular weight excluding hydrogens is 238 g/mol. The Morgan fingerprint density at radius 3 is 2.44 bits per heavy atom. The van der Waals surface area contributed by atoms with Gasteiger partial charge in [0.2, 0.25) is 11.8 Å². The number of carboxylic acid groups (broad SMARTS) is 1. The molecule has 0 bridgehead atoms. The molecule has 0 aromatic carbocycles. The van der Waals surface area contributed by atoms with Gasteiger partial charge in [-0.05, 0) is 20.8 Å². The van der Waals surface area contributed by atoms with Crippen LogP contribution in [0.5, 0.6) is 0 Å². The molecule has 1 aromatic rings. The number of nitrogen functional groups attached to an aromatic ring is 1. The topological polar surface area (TPSA) is 125 Å². The van der Waals surface area contributed by atoms with Gasteiger partial charge in [0.15, 0.2) is 0 Å². The van der Waals surface area contributed by atoms with Crippen molar-refractivity contribution in [2.75, 3.05) is 12.3 Å². The highest BCUT2D eigenvalue weighted by Crippen LogP contribution is 2.16. The number of nitrogens with zero attached hydrogens (tertiary/aromatic N) is 3. The molecule has 0 unspecified atom stereocenters. The Bertz CT molecular complexity index is 449. The normalized spacial score (nSPS) is 11.3. The van der Waals surface area contributed by atoms with Gasteiger partial charge in [-0.1, -0.05) is 0 Å². The zero-order chi connectivity index (χ0) is 13.9. The Kier molecular flexibility index (Phi) is 3.89. The second-order valence-electron chi connectivity index (χ2n) is 4.81. The van der Waals surface area contributed by atoms with Gasteiger partial charge in [-0.15, -0.1) is 5.10 Å². The number of amides is 1. The Labute approximate surface area is 104 Å². The highest BCUT2D eigenvalue weighted by Gasteiger charge is 2.29. The van der Waals surface area contributed by atoms with E-state index >= 15 is 0 Å². The molecule has 0 radical (unpaired) electrons. The van der Waals surface area contributed by atoms with Gasteiger partial charge >= 0.3 is 5.97 Å². The molecule has 0 aliphatic rings. The summed E-state index contributed by atoms with van der Waals surface area (Å²) >= 11 is 0. The number of carbonyl (C=O) groups excluding carboxylic acids is 1. The van der Waals surface area contributed by atoms with Gasteiger partial charge in [-0.25, -0.2) is 0 Å². The average molecular weight is 255 g/mol. The van der Waals surface area contributed by atoms with Crippen molar-refractivity contribution in [3.05, 3.63) is 5.82 Å². The molecule has 0 saturated heterocycles. The van der Waals surface area contributed by atoms with Crippen LogP contribution >= 0.6 is 0 Å². The van der Waals surface area contributed by atoms with Crippen molar-refractivity contribution in [3.63, 3.8) is 0 Å². The average Bonchev–Trinajstić information content (AvgIpc) is 2.62. The minimum absolute atomic E-state index is 0.00723. The second kappa shape index (κ2) is 5.03. The highest BCUT2D eigenvalue weighted by atomic mass is 16.4. The lowest BCUT2D eigenvalue weighted by atomic mass is 10.1. The molecule has 8 heteroatoms. The van der Waals surface area contributed by atoms with Crippen LogP contribution in [-0.2, 0) is 4.79 Å². The van der Waals surface area contributed by atoms with Crippen molar-refractivity contribution in [1.82, 2.24) is 20.1 Å². The molecule has 0 saturated carbocycles. The first kappa shape index (κ1) is 13.9. The highest BCUT2D eigenvalue weighted by molar-refractivity contribution is 5.91. The fourth-order valence-electron chi connectivity index (χ4n) is 1.45. The lowest BCUT2D eigenvalue weighted by Crippen LogP contribution is -2.47. The molecule has 18 heavy (non-hydrogen) atoms. The molecule has 0 fully saturated rings. The van der Waals surface area contributed by atoms with E-state index in [1.54, 1.807) is 0 Å². The van der Waals surface area contributed by atoms with Crippen LogP contribution in [0.4, 0.5) is 5.95 Å². The van der Waals surface area contributed by atoms with E-state index in [-0.39, 0.29) is 24.7 Å². The summed E-state index contributed by atoms with van der Waals surface area (Å²) in [6, 6.07) is 0. The van der Waals surface area contributed by atoms with Crippen molar-refractivity contribution in [2.24, 2.45) is 0 Å². The third-order valence-electron chi connectivity index (χ3n) is 2.31. The van der Waals surface area contributed by atoms with Crippen molar-refractivity contribution >= 4 is 17.8 Å². The summed E-state index contributed by atoms with van der Waals surface area (Å²) in [6.07, 6.45) is -0.132. The summed E-state index contributed by atoms with van der Waals surface area (Å²) in [5, 5.41) is 14.7. The first-order valence-corrected chi connectivity index (χ1v) is 5.43. The molecule has 8 nitrogen and oxygen atoms in total. The Morgan fingerprint density at radius 2 is 2.06 bits per heavy atom. The van der Waals surface area contributed by atoms with E-state index in [0.717, 1.165) is 0 Å². The quantitative estimate of drug-likeness (QED) is 0.700. The zero-order valence-corrected chi connectivity index (χ0v) is 10.6. The Hall–Kier alpha value is -2.12. The number of nitrogens with one attached hydrogen (secondary N) is 1. The maximum absolute atomic E-state index is 12.2. The van der Waals surface area contributed by atoms with Crippen LogP contribution in [0, 0.1) is 0 Å². The Morgan fingerprint density at radius 1 is 1.44 bits per heavy atom. The van der Waals surface area contributed by atoms with Crippen LogP contribution in [0.2, 0.25) is 0 Å². The first-order valence-electron chi connectivity index (χ1n) is 5.43. The van der Waals surface area contributed by atoms with Gasteiger partial charge in [0, 0.05) is 12.1 Å². The van der Waals surface area contributed by atoms with Gasteiger partial charge in [-0.2, -0.15) is 4.98 Å². The number of aliphatic carboxylic acids is 1. The van der Waals surface area contributed by atoms with Crippen LogP contribution in [0.25, 0.3) is 0 Å². The molecule has 0 aliphatic heterocycles. The van der Waals surface area contributed by atoms with Crippen molar-refractivity contribution in [1.29, 1.82) is 0 Å². The monoisotopic (exact) mass is 255 g/mol. The van der Waals surface area contributed by atoms with E-state index in [4.69, 9.17) is 10.8 Å². The molecule has 1 rings (SSSR count). The number of aromatic nitrogens is 3. The Balaban J connectivity index is 2.89. The summed E-state index contributed by atoms with van der Waals surface area (Å²) in [4.78, 5) is 27.9. The predicted molar refractivity (Wildman–Crippen MR) is 63.8 cm³/mol. The van der Waals surface area contributed by atoms with Crippen LogP contribution in [-0.4, -0.2) is 49.1 Å². The molecular formula is C10H17N5O3.